The Kier molecular flexibility index (Phi) is 11.6. The van der Waals surface area contributed by atoms with E-state index in [4.69, 9.17) is 0 Å². The molecular formula is C74H82BN3. The Balaban J connectivity index is 1.25. The van der Waals surface area contributed by atoms with Gasteiger partial charge >= 0.3 is 0 Å². The minimum absolute atomic E-state index is 0.00632. The standard InChI is InChI=1S/C74H82BN3/c1-68(2,3)48-29-33-53(34-30-48)77-63-37-32-50(70(7,8)9)40-60(63)75-61-43-58-59(74(16,17)46-73(58,14)15)44-64(61)78(66-42-54(41-65(77)67(66)75)76(51-24-20-18-21-25-51)52-26-22-19-23-27-52)62-36-31-49(69(4,5)6)39-55(62)47-28-35-56-57(38-47)72(12,13)45-71(56,10)11/h18-44H,45-46H2,1-17H3. The van der Waals surface area contributed by atoms with Crippen molar-refractivity contribution in [2.24, 2.45) is 0 Å². The topological polar surface area (TPSA) is 9.72 Å². The third-order valence-corrected chi connectivity index (χ3v) is 18.5. The van der Waals surface area contributed by atoms with Crippen molar-refractivity contribution in [1.29, 1.82) is 0 Å². The van der Waals surface area contributed by atoms with Gasteiger partial charge in [-0.25, -0.2) is 0 Å². The van der Waals surface area contributed by atoms with E-state index in [1.165, 1.54) is 94.9 Å². The summed E-state index contributed by atoms with van der Waals surface area (Å²) in [5.74, 6) is 0. The normalized spacial score (nSPS) is 17.3. The highest BCUT2D eigenvalue weighted by molar-refractivity contribution is 7.00. The molecule has 0 spiro atoms. The molecule has 4 heteroatoms. The first kappa shape index (κ1) is 52.0. The van der Waals surface area contributed by atoms with Crippen LogP contribution >= 0.6 is 0 Å². The van der Waals surface area contributed by atoms with E-state index in [2.05, 4.69) is 296 Å². The van der Waals surface area contributed by atoms with Gasteiger partial charge in [0.1, 0.15) is 0 Å². The highest BCUT2D eigenvalue weighted by Gasteiger charge is 2.49. The molecule has 78 heavy (non-hydrogen) atoms. The van der Waals surface area contributed by atoms with E-state index in [1.54, 1.807) is 0 Å². The van der Waals surface area contributed by atoms with Crippen LogP contribution in [0.25, 0.3) is 11.1 Å². The summed E-state index contributed by atoms with van der Waals surface area (Å²) < 4.78 is 0. The van der Waals surface area contributed by atoms with Crippen molar-refractivity contribution in [3.8, 4) is 11.1 Å². The van der Waals surface area contributed by atoms with Gasteiger partial charge < -0.3 is 14.7 Å². The van der Waals surface area contributed by atoms with Crippen molar-refractivity contribution in [2.45, 2.75) is 168 Å². The molecule has 0 bridgehead atoms. The second kappa shape index (κ2) is 17.4. The molecule has 0 saturated heterocycles. The molecule has 0 saturated carbocycles. The lowest BCUT2D eigenvalue weighted by atomic mass is 9.33. The molecule has 0 aromatic heterocycles. The van der Waals surface area contributed by atoms with Gasteiger partial charge in [-0.15, -0.1) is 0 Å². The summed E-state index contributed by atoms with van der Waals surface area (Å²) in [6.07, 6.45) is 2.21. The third kappa shape index (κ3) is 8.37. The number of hydrogen-bond acceptors (Lipinski definition) is 3. The SMILES string of the molecule is CC(C)(C)c1ccc(N2c3ccc(C(C)(C)C)cc3B3c4cc5c(cc4N(c4ccc(C(C)(C)C)cc4-c4ccc6c(c4)C(C)(C)CC6(C)C)c4cc(N(c6ccccc6)c6ccccc6)cc2c43)C(C)(C)CC5(C)C)cc1. The minimum atomic E-state index is -0.0743. The molecule has 0 unspecified atom stereocenters. The summed E-state index contributed by atoms with van der Waals surface area (Å²) in [7, 11) is 0. The van der Waals surface area contributed by atoms with E-state index in [0.29, 0.717) is 0 Å². The number of hydrogen-bond donors (Lipinski definition) is 0. The summed E-state index contributed by atoms with van der Waals surface area (Å²) in [6, 6.07) is 64.2. The first-order chi connectivity index (χ1) is 36.5. The first-order valence-electron chi connectivity index (χ1n) is 29.0. The number of rotatable bonds is 6. The molecular weight excluding hydrogens is 942 g/mol. The summed E-state index contributed by atoms with van der Waals surface area (Å²) >= 11 is 0. The van der Waals surface area contributed by atoms with Crippen LogP contribution in [-0.4, -0.2) is 6.71 Å². The van der Waals surface area contributed by atoms with E-state index < -0.39 is 0 Å². The van der Waals surface area contributed by atoms with E-state index in [0.717, 1.165) is 35.6 Å². The van der Waals surface area contributed by atoms with Crippen LogP contribution in [0.2, 0.25) is 0 Å². The monoisotopic (exact) mass is 1020 g/mol. The maximum Gasteiger partial charge on any atom is 0.252 e. The molecule has 0 atom stereocenters. The highest BCUT2D eigenvalue weighted by Crippen LogP contribution is 2.56. The summed E-state index contributed by atoms with van der Waals surface area (Å²) in [6.45, 7) is 40.8. The zero-order valence-corrected chi connectivity index (χ0v) is 49.9. The molecule has 2 heterocycles. The fourth-order valence-corrected chi connectivity index (χ4v) is 14.9. The van der Waals surface area contributed by atoms with Crippen LogP contribution in [0.4, 0.5) is 51.2 Å². The Labute approximate surface area is 468 Å². The fraction of sp³-hybridized carbons (Fsp3) is 0.351. The first-order valence-corrected chi connectivity index (χ1v) is 29.0. The average Bonchev–Trinajstić information content (AvgIpc) is 3.69. The van der Waals surface area contributed by atoms with Gasteiger partial charge in [0.2, 0.25) is 0 Å². The average molecular weight is 1020 g/mol. The minimum Gasteiger partial charge on any atom is -0.311 e. The Morgan fingerprint density at radius 1 is 0.372 bits per heavy atom. The number of benzene rings is 8. The summed E-state index contributed by atoms with van der Waals surface area (Å²) in [5, 5.41) is 0. The van der Waals surface area contributed by atoms with Gasteiger partial charge in [-0.05, 0) is 184 Å². The van der Waals surface area contributed by atoms with Crippen molar-refractivity contribution < 1.29 is 0 Å². The van der Waals surface area contributed by atoms with Crippen molar-refractivity contribution in [3.05, 3.63) is 203 Å². The third-order valence-electron chi connectivity index (χ3n) is 18.5. The highest BCUT2D eigenvalue weighted by atomic mass is 15.2. The lowest BCUT2D eigenvalue weighted by molar-refractivity contribution is 0.403. The van der Waals surface area contributed by atoms with Gasteiger partial charge in [0, 0.05) is 45.4 Å². The number of fused-ring (bicyclic) bond motifs is 6. The zero-order chi connectivity index (χ0) is 55.4. The zero-order valence-electron chi connectivity index (χ0n) is 49.9. The molecule has 0 fully saturated rings. The lowest BCUT2D eigenvalue weighted by Gasteiger charge is -2.46. The van der Waals surface area contributed by atoms with Gasteiger partial charge in [-0.2, -0.15) is 0 Å². The van der Waals surface area contributed by atoms with Crippen molar-refractivity contribution >= 4 is 74.3 Å². The molecule has 4 aliphatic rings. The molecule has 0 radical (unpaired) electrons. The Morgan fingerprint density at radius 2 is 0.833 bits per heavy atom. The van der Waals surface area contributed by atoms with E-state index >= 15 is 0 Å². The smallest absolute Gasteiger partial charge is 0.252 e. The number of para-hydroxylation sites is 2. The van der Waals surface area contributed by atoms with Crippen LogP contribution in [0.5, 0.6) is 0 Å². The van der Waals surface area contributed by atoms with Gasteiger partial charge in [0.15, 0.2) is 0 Å². The molecule has 0 amide bonds. The largest absolute Gasteiger partial charge is 0.311 e. The van der Waals surface area contributed by atoms with Crippen LogP contribution < -0.4 is 31.1 Å². The summed E-state index contributed by atoms with van der Waals surface area (Å²) in [5.41, 5.74) is 27.1. The van der Waals surface area contributed by atoms with Crippen molar-refractivity contribution in [3.63, 3.8) is 0 Å². The predicted octanol–water partition coefficient (Wildman–Crippen LogP) is 18.7. The van der Waals surface area contributed by atoms with Gasteiger partial charge in [-0.3, -0.25) is 0 Å². The quantitative estimate of drug-likeness (QED) is 0.154. The molecule has 3 nitrogen and oxygen atoms in total. The Bertz CT molecular complexity index is 3650. The second-order valence-corrected chi connectivity index (χ2v) is 29.4. The van der Waals surface area contributed by atoms with Gasteiger partial charge in [0.25, 0.3) is 6.71 Å². The van der Waals surface area contributed by atoms with Crippen LogP contribution in [0.1, 0.15) is 169 Å². The Morgan fingerprint density at radius 3 is 1.38 bits per heavy atom. The fourth-order valence-electron chi connectivity index (χ4n) is 14.9. The van der Waals surface area contributed by atoms with Crippen molar-refractivity contribution in [2.75, 3.05) is 14.7 Å². The van der Waals surface area contributed by atoms with Crippen LogP contribution in [0.3, 0.4) is 0 Å². The molecule has 396 valence electrons. The van der Waals surface area contributed by atoms with Crippen molar-refractivity contribution in [1.82, 2.24) is 0 Å². The van der Waals surface area contributed by atoms with Crippen LogP contribution in [0.15, 0.2) is 164 Å². The summed E-state index contributed by atoms with van der Waals surface area (Å²) in [4.78, 5) is 7.81. The number of nitrogens with zero attached hydrogens (tertiary/aromatic N) is 3. The van der Waals surface area contributed by atoms with Gasteiger partial charge in [0.05, 0.1) is 11.4 Å². The maximum atomic E-state index is 2.73. The molecule has 12 rings (SSSR count). The van der Waals surface area contributed by atoms with E-state index in [-0.39, 0.29) is 44.6 Å². The molecule has 8 aromatic carbocycles. The second-order valence-electron chi connectivity index (χ2n) is 29.4. The number of anilines is 9. The molecule has 2 aliphatic carbocycles. The molecule has 2 aliphatic heterocycles. The van der Waals surface area contributed by atoms with E-state index in [9.17, 15) is 0 Å². The molecule has 8 aromatic rings. The van der Waals surface area contributed by atoms with Crippen LogP contribution in [0, 0.1) is 0 Å². The lowest BCUT2D eigenvalue weighted by Crippen LogP contribution is -2.61. The van der Waals surface area contributed by atoms with E-state index in [1.807, 2.05) is 0 Å². The Hall–Kier alpha value is -6.78. The van der Waals surface area contributed by atoms with Gasteiger partial charge in [-0.1, -0.05) is 209 Å². The molecule has 0 N–H and O–H groups in total. The predicted molar refractivity (Wildman–Crippen MR) is 338 cm³/mol. The van der Waals surface area contributed by atoms with Crippen LogP contribution in [-0.2, 0) is 37.9 Å². The maximum absolute atomic E-state index is 2.73.